The highest BCUT2D eigenvalue weighted by Gasteiger charge is 2.58. The van der Waals surface area contributed by atoms with Gasteiger partial charge in [0.2, 0.25) is 11.8 Å². The lowest BCUT2D eigenvalue weighted by molar-refractivity contribution is -0.159. The van der Waals surface area contributed by atoms with Gasteiger partial charge in [0.05, 0.1) is 12.1 Å². The van der Waals surface area contributed by atoms with Gasteiger partial charge in [0.25, 0.3) is 0 Å². The minimum Gasteiger partial charge on any atom is -0.322 e. The fourth-order valence-corrected chi connectivity index (χ4v) is 4.86. The second-order valence-electron chi connectivity index (χ2n) is 6.84. The lowest BCUT2D eigenvalue weighted by atomic mass is 9.93. The number of hydrogen-bond acceptors (Lipinski definition) is 2. The molecule has 3 fully saturated rings. The summed E-state index contributed by atoms with van der Waals surface area (Å²) < 4.78 is 0. The summed E-state index contributed by atoms with van der Waals surface area (Å²) in [5, 5.41) is 0. The summed E-state index contributed by atoms with van der Waals surface area (Å²) in [4.78, 5) is 29.9. The molecule has 4 heteroatoms. The maximum absolute atomic E-state index is 13.1. The van der Waals surface area contributed by atoms with Crippen LogP contribution >= 0.6 is 0 Å². The molecule has 0 spiro atoms. The normalized spacial score (nSPS) is 44.2. The Morgan fingerprint density at radius 3 is 1.55 bits per heavy atom. The van der Waals surface area contributed by atoms with Gasteiger partial charge in [-0.25, -0.2) is 0 Å². The maximum atomic E-state index is 13.1. The average Bonchev–Trinajstić information content (AvgIpc) is 3.12. The molecule has 3 saturated heterocycles. The second kappa shape index (κ2) is 4.22. The quantitative estimate of drug-likeness (QED) is 0.678. The summed E-state index contributed by atoms with van der Waals surface area (Å²) in [6, 6.07) is -0.405. The van der Waals surface area contributed by atoms with Gasteiger partial charge in [0.15, 0.2) is 0 Å². The maximum Gasteiger partial charge on any atom is 0.246 e. The number of fused-ring (bicyclic) bond motifs is 6. The van der Waals surface area contributed by atoms with Crippen LogP contribution in [0.1, 0.15) is 12.8 Å². The van der Waals surface area contributed by atoms with Crippen molar-refractivity contribution in [2.75, 3.05) is 0 Å². The van der Waals surface area contributed by atoms with Crippen LogP contribution in [0.4, 0.5) is 0 Å². The Labute approximate surface area is 129 Å². The van der Waals surface area contributed by atoms with E-state index in [1.54, 1.807) is 0 Å². The smallest absolute Gasteiger partial charge is 0.246 e. The first-order chi connectivity index (χ1) is 10.8. The number of hydrogen-bond donors (Lipinski definition) is 0. The molecular formula is C18H18N2O2. The molecular weight excluding hydrogens is 276 g/mol. The third-order valence-corrected chi connectivity index (χ3v) is 5.82. The van der Waals surface area contributed by atoms with Crippen molar-refractivity contribution < 1.29 is 9.59 Å². The molecule has 5 rings (SSSR count). The lowest BCUT2D eigenvalue weighted by Gasteiger charge is -2.42. The highest BCUT2D eigenvalue weighted by atomic mass is 16.2. The standard InChI is InChI=1S/C18H18N2O2/c21-17-15-9-11-5-1-3-7-13(11)19(15)18(22)16-10-12-6-2-4-8-14(12)20(16)17/h1-8,11-16H,9-10H2/t11-,12-,13-,14-,15+,16+/m1/s1. The summed E-state index contributed by atoms with van der Waals surface area (Å²) in [6.07, 6.45) is 18.0. The molecule has 5 aliphatic rings. The molecule has 22 heavy (non-hydrogen) atoms. The molecule has 2 aliphatic carbocycles. The van der Waals surface area contributed by atoms with Crippen molar-refractivity contribution >= 4 is 11.8 Å². The largest absolute Gasteiger partial charge is 0.322 e. The Hall–Kier alpha value is -2.10. The fourth-order valence-electron chi connectivity index (χ4n) is 4.86. The molecule has 2 amide bonds. The molecule has 4 nitrogen and oxygen atoms in total. The van der Waals surface area contributed by atoms with Crippen LogP contribution in [0, 0.1) is 11.8 Å². The predicted octanol–water partition coefficient (Wildman–Crippen LogP) is 1.42. The Kier molecular flexibility index (Phi) is 2.38. The number of carbonyl (C=O) groups is 2. The molecule has 0 bridgehead atoms. The minimum atomic E-state index is -0.274. The molecule has 3 aliphatic heterocycles. The van der Waals surface area contributed by atoms with Crippen LogP contribution in [0.3, 0.4) is 0 Å². The zero-order valence-electron chi connectivity index (χ0n) is 12.2. The topological polar surface area (TPSA) is 40.6 Å². The van der Waals surface area contributed by atoms with Gasteiger partial charge in [0.1, 0.15) is 12.1 Å². The predicted molar refractivity (Wildman–Crippen MR) is 81.6 cm³/mol. The van der Waals surface area contributed by atoms with Gasteiger partial charge >= 0.3 is 0 Å². The van der Waals surface area contributed by atoms with Gasteiger partial charge in [0, 0.05) is 11.8 Å². The van der Waals surface area contributed by atoms with Crippen molar-refractivity contribution in [3.63, 3.8) is 0 Å². The summed E-state index contributed by atoms with van der Waals surface area (Å²) in [5.74, 6) is 0.877. The summed E-state index contributed by atoms with van der Waals surface area (Å²) in [6.45, 7) is 0. The van der Waals surface area contributed by atoms with Gasteiger partial charge in [-0.3, -0.25) is 9.59 Å². The van der Waals surface area contributed by atoms with Gasteiger partial charge in [-0.05, 0) is 12.8 Å². The zero-order valence-corrected chi connectivity index (χ0v) is 12.2. The van der Waals surface area contributed by atoms with E-state index in [0.717, 1.165) is 12.8 Å². The number of rotatable bonds is 0. The highest BCUT2D eigenvalue weighted by molar-refractivity contribution is 5.99. The van der Waals surface area contributed by atoms with Crippen molar-refractivity contribution in [3.8, 4) is 0 Å². The van der Waals surface area contributed by atoms with E-state index in [-0.39, 0.29) is 36.0 Å². The Morgan fingerprint density at radius 1 is 0.682 bits per heavy atom. The first kappa shape index (κ1) is 12.4. The van der Waals surface area contributed by atoms with Crippen LogP contribution in [0.15, 0.2) is 48.6 Å². The Balaban J connectivity index is 1.55. The average molecular weight is 294 g/mol. The van der Waals surface area contributed by atoms with Crippen LogP contribution in [-0.4, -0.2) is 45.8 Å². The lowest BCUT2D eigenvalue weighted by Crippen LogP contribution is -2.63. The van der Waals surface area contributed by atoms with E-state index < -0.39 is 0 Å². The minimum absolute atomic E-state index is 0.0716. The van der Waals surface area contributed by atoms with Crippen molar-refractivity contribution in [2.24, 2.45) is 11.8 Å². The van der Waals surface area contributed by atoms with Gasteiger partial charge in [-0.15, -0.1) is 0 Å². The van der Waals surface area contributed by atoms with E-state index in [1.807, 2.05) is 34.1 Å². The van der Waals surface area contributed by atoms with Crippen LogP contribution in [0.25, 0.3) is 0 Å². The van der Waals surface area contributed by atoms with Crippen LogP contribution in [0.5, 0.6) is 0 Å². The van der Waals surface area contributed by atoms with Crippen LogP contribution in [0.2, 0.25) is 0 Å². The number of piperazine rings is 1. The van der Waals surface area contributed by atoms with Crippen molar-refractivity contribution in [3.05, 3.63) is 48.6 Å². The molecule has 0 radical (unpaired) electrons. The third kappa shape index (κ3) is 1.42. The monoisotopic (exact) mass is 294 g/mol. The Bertz CT molecular complexity index is 617. The van der Waals surface area contributed by atoms with Crippen molar-refractivity contribution in [2.45, 2.75) is 37.0 Å². The van der Waals surface area contributed by atoms with Crippen LogP contribution in [-0.2, 0) is 9.59 Å². The number of amides is 2. The summed E-state index contributed by atoms with van der Waals surface area (Å²) in [5.41, 5.74) is 0. The van der Waals surface area contributed by atoms with E-state index in [1.165, 1.54) is 0 Å². The Morgan fingerprint density at radius 2 is 1.09 bits per heavy atom. The summed E-state index contributed by atoms with van der Waals surface area (Å²) >= 11 is 0. The van der Waals surface area contributed by atoms with Gasteiger partial charge < -0.3 is 9.80 Å². The van der Waals surface area contributed by atoms with Crippen molar-refractivity contribution in [1.82, 2.24) is 9.80 Å². The number of nitrogens with zero attached hydrogens (tertiary/aromatic N) is 2. The molecule has 0 N–H and O–H groups in total. The first-order valence-electron chi connectivity index (χ1n) is 8.10. The molecule has 0 saturated carbocycles. The van der Waals surface area contributed by atoms with Gasteiger partial charge in [-0.2, -0.15) is 0 Å². The molecule has 6 atom stereocenters. The van der Waals surface area contributed by atoms with Gasteiger partial charge in [-0.1, -0.05) is 48.6 Å². The first-order valence-corrected chi connectivity index (χ1v) is 8.10. The highest BCUT2D eigenvalue weighted by Crippen LogP contribution is 2.44. The zero-order chi connectivity index (χ0) is 14.8. The fraction of sp³-hybridized carbons (Fsp3) is 0.444. The molecule has 0 aromatic heterocycles. The molecule has 112 valence electrons. The second-order valence-corrected chi connectivity index (χ2v) is 6.84. The van der Waals surface area contributed by atoms with Crippen molar-refractivity contribution in [1.29, 1.82) is 0 Å². The van der Waals surface area contributed by atoms with E-state index in [9.17, 15) is 9.59 Å². The van der Waals surface area contributed by atoms with Crippen LogP contribution < -0.4 is 0 Å². The number of carbonyl (C=O) groups excluding carboxylic acids is 2. The van der Waals surface area contributed by atoms with E-state index in [0.29, 0.717) is 11.8 Å². The molecule has 0 aromatic carbocycles. The van der Waals surface area contributed by atoms with E-state index >= 15 is 0 Å². The molecule has 3 heterocycles. The third-order valence-electron chi connectivity index (χ3n) is 5.82. The van der Waals surface area contributed by atoms with E-state index in [4.69, 9.17) is 0 Å². The van der Waals surface area contributed by atoms with E-state index in [2.05, 4.69) is 24.3 Å². The summed E-state index contributed by atoms with van der Waals surface area (Å²) in [7, 11) is 0. The number of allylic oxidation sites excluding steroid dienone is 4. The SMILES string of the molecule is O=C1[C@@H]2C[C@H]3C=CC=C[C@H]3N2C(=O)[C@@H]2C[C@H]3C=CC=C[C@H]3N12. The molecule has 0 unspecified atom stereocenters. The molecule has 0 aromatic rings.